The summed E-state index contributed by atoms with van der Waals surface area (Å²) in [5, 5.41) is 4.34. The first-order valence-corrected chi connectivity index (χ1v) is 6.86. The minimum Gasteiger partial charge on any atom is -0.299 e. The first-order valence-electron chi connectivity index (χ1n) is 6.86. The summed E-state index contributed by atoms with van der Waals surface area (Å²) in [4.78, 5) is 12.0. The van der Waals surface area contributed by atoms with Gasteiger partial charge in [-0.25, -0.2) is 8.78 Å². The number of hydrogen-bond acceptors (Lipinski definition) is 2. The number of ketones is 1. The third-order valence-corrected chi connectivity index (χ3v) is 3.92. The highest BCUT2D eigenvalue weighted by atomic mass is 19.3. The SMILES string of the molecule is CCC(C)n1ccc(CC(=O)C2CCC(F)(F)C2)n1. The summed E-state index contributed by atoms with van der Waals surface area (Å²) in [5.74, 6) is -3.26. The molecule has 0 bridgehead atoms. The lowest BCUT2D eigenvalue weighted by Crippen LogP contribution is -2.17. The lowest BCUT2D eigenvalue weighted by Gasteiger charge is -2.09. The molecule has 19 heavy (non-hydrogen) atoms. The number of aromatic nitrogens is 2. The van der Waals surface area contributed by atoms with E-state index in [1.165, 1.54) is 0 Å². The van der Waals surface area contributed by atoms with Crippen LogP contribution in [-0.4, -0.2) is 21.5 Å². The molecule has 5 heteroatoms. The Morgan fingerprint density at radius 1 is 1.63 bits per heavy atom. The predicted octanol–water partition coefficient (Wildman–Crippen LogP) is 3.40. The molecule has 0 amide bonds. The van der Waals surface area contributed by atoms with Crippen LogP contribution in [0.2, 0.25) is 0 Å². The highest BCUT2D eigenvalue weighted by molar-refractivity contribution is 5.83. The zero-order valence-corrected chi connectivity index (χ0v) is 11.4. The van der Waals surface area contributed by atoms with E-state index in [1.807, 2.05) is 10.9 Å². The molecular formula is C14H20F2N2O. The standard InChI is InChI=1S/C14H20F2N2O/c1-3-10(2)18-7-5-12(17-18)8-13(19)11-4-6-14(15,16)9-11/h5,7,10-11H,3-4,6,8-9H2,1-2H3. The maximum absolute atomic E-state index is 13.1. The van der Waals surface area contributed by atoms with E-state index >= 15 is 0 Å². The summed E-state index contributed by atoms with van der Waals surface area (Å²) >= 11 is 0. The first-order chi connectivity index (χ1) is 8.91. The molecule has 1 saturated carbocycles. The van der Waals surface area contributed by atoms with Gasteiger partial charge in [-0.3, -0.25) is 9.48 Å². The molecular weight excluding hydrogens is 250 g/mol. The van der Waals surface area contributed by atoms with Crippen molar-refractivity contribution in [3.63, 3.8) is 0 Å². The number of nitrogens with zero attached hydrogens (tertiary/aromatic N) is 2. The van der Waals surface area contributed by atoms with E-state index in [1.54, 1.807) is 6.07 Å². The third kappa shape index (κ3) is 3.39. The van der Waals surface area contributed by atoms with Crippen LogP contribution in [0.5, 0.6) is 0 Å². The fraction of sp³-hybridized carbons (Fsp3) is 0.714. The van der Waals surface area contributed by atoms with E-state index in [4.69, 9.17) is 0 Å². The smallest absolute Gasteiger partial charge is 0.248 e. The second-order valence-electron chi connectivity index (χ2n) is 5.48. The molecule has 1 aromatic heterocycles. The molecule has 1 fully saturated rings. The minimum atomic E-state index is -2.66. The maximum atomic E-state index is 13.1. The van der Waals surface area contributed by atoms with Gasteiger partial charge in [0, 0.05) is 31.0 Å². The zero-order chi connectivity index (χ0) is 14.0. The molecule has 0 aromatic carbocycles. The van der Waals surface area contributed by atoms with Crippen LogP contribution < -0.4 is 0 Å². The lowest BCUT2D eigenvalue weighted by molar-refractivity contribution is -0.123. The summed E-state index contributed by atoms with van der Waals surface area (Å²) in [5.41, 5.74) is 0.681. The Morgan fingerprint density at radius 3 is 2.95 bits per heavy atom. The summed E-state index contributed by atoms with van der Waals surface area (Å²) in [7, 11) is 0. The molecule has 2 unspecified atom stereocenters. The van der Waals surface area contributed by atoms with Gasteiger partial charge in [-0.2, -0.15) is 5.10 Å². The largest absolute Gasteiger partial charge is 0.299 e. The van der Waals surface area contributed by atoms with Gasteiger partial charge in [0.2, 0.25) is 5.92 Å². The second kappa shape index (κ2) is 5.39. The summed E-state index contributed by atoms with van der Waals surface area (Å²) < 4.78 is 28.0. The van der Waals surface area contributed by atoms with Crippen molar-refractivity contribution in [3.8, 4) is 0 Å². The van der Waals surface area contributed by atoms with Gasteiger partial charge in [-0.15, -0.1) is 0 Å². The van der Waals surface area contributed by atoms with Gasteiger partial charge in [0.05, 0.1) is 12.1 Å². The van der Waals surface area contributed by atoms with Gasteiger partial charge < -0.3 is 0 Å². The van der Waals surface area contributed by atoms with E-state index < -0.39 is 11.8 Å². The van der Waals surface area contributed by atoms with Crippen molar-refractivity contribution >= 4 is 5.78 Å². The van der Waals surface area contributed by atoms with Crippen molar-refractivity contribution in [3.05, 3.63) is 18.0 Å². The highest BCUT2D eigenvalue weighted by Crippen LogP contribution is 2.39. The van der Waals surface area contributed by atoms with Crippen LogP contribution in [-0.2, 0) is 11.2 Å². The van der Waals surface area contributed by atoms with Crippen molar-refractivity contribution in [2.75, 3.05) is 0 Å². The van der Waals surface area contributed by atoms with Crippen LogP contribution in [0.1, 0.15) is 51.3 Å². The number of halogens is 2. The van der Waals surface area contributed by atoms with Crippen molar-refractivity contribution in [2.24, 2.45) is 5.92 Å². The molecule has 3 nitrogen and oxygen atoms in total. The molecule has 1 aliphatic rings. The number of alkyl halides is 2. The summed E-state index contributed by atoms with van der Waals surface area (Å²) in [6.07, 6.45) is 2.83. The Bertz CT molecular complexity index is 456. The maximum Gasteiger partial charge on any atom is 0.248 e. The van der Waals surface area contributed by atoms with Crippen LogP contribution >= 0.6 is 0 Å². The van der Waals surface area contributed by atoms with E-state index in [0.717, 1.165) is 6.42 Å². The topological polar surface area (TPSA) is 34.9 Å². The fourth-order valence-electron chi connectivity index (χ4n) is 2.45. The van der Waals surface area contributed by atoms with Crippen molar-refractivity contribution in [2.45, 2.75) is 57.9 Å². The molecule has 1 aromatic rings. The van der Waals surface area contributed by atoms with Crippen molar-refractivity contribution in [1.82, 2.24) is 9.78 Å². The molecule has 1 aliphatic carbocycles. The average Bonchev–Trinajstić information content (AvgIpc) is 2.94. The normalized spacial score (nSPS) is 23.5. The molecule has 106 valence electrons. The van der Waals surface area contributed by atoms with Crippen LogP contribution in [0.3, 0.4) is 0 Å². The summed E-state index contributed by atoms with van der Waals surface area (Å²) in [6, 6.07) is 2.09. The van der Waals surface area contributed by atoms with E-state index in [9.17, 15) is 13.6 Å². The molecule has 0 N–H and O–H groups in total. The van der Waals surface area contributed by atoms with E-state index in [2.05, 4.69) is 18.9 Å². The molecule has 0 saturated heterocycles. The van der Waals surface area contributed by atoms with Crippen molar-refractivity contribution < 1.29 is 13.6 Å². The number of carbonyl (C=O) groups excluding carboxylic acids is 1. The highest BCUT2D eigenvalue weighted by Gasteiger charge is 2.42. The van der Waals surface area contributed by atoms with Gasteiger partial charge in [-0.1, -0.05) is 6.92 Å². The van der Waals surface area contributed by atoms with Gasteiger partial charge in [0.25, 0.3) is 0 Å². The molecule has 0 spiro atoms. The Labute approximate surface area is 112 Å². The Hall–Kier alpha value is -1.26. The van der Waals surface area contributed by atoms with Gasteiger partial charge in [-0.05, 0) is 25.8 Å². The van der Waals surface area contributed by atoms with E-state index in [-0.39, 0.29) is 25.0 Å². The van der Waals surface area contributed by atoms with Gasteiger partial charge in [0.1, 0.15) is 5.78 Å². The number of Topliss-reactive ketones (excluding diaryl/α,β-unsaturated/α-hetero) is 1. The molecule has 0 aliphatic heterocycles. The van der Waals surface area contributed by atoms with Crippen LogP contribution in [0.25, 0.3) is 0 Å². The van der Waals surface area contributed by atoms with Crippen molar-refractivity contribution in [1.29, 1.82) is 0 Å². The average molecular weight is 270 g/mol. The van der Waals surface area contributed by atoms with Gasteiger partial charge in [0.15, 0.2) is 0 Å². The molecule has 1 heterocycles. The monoisotopic (exact) mass is 270 g/mol. The molecule has 2 rings (SSSR count). The van der Waals surface area contributed by atoms with E-state index in [0.29, 0.717) is 18.2 Å². The van der Waals surface area contributed by atoms with Gasteiger partial charge >= 0.3 is 0 Å². The molecule has 0 radical (unpaired) electrons. The second-order valence-corrected chi connectivity index (χ2v) is 5.48. The fourth-order valence-corrected chi connectivity index (χ4v) is 2.45. The van der Waals surface area contributed by atoms with Crippen LogP contribution in [0.15, 0.2) is 12.3 Å². The Kier molecular flexibility index (Phi) is 4.02. The van der Waals surface area contributed by atoms with Crippen LogP contribution in [0.4, 0.5) is 8.78 Å². The van der Waals surface area contributed by atoms with Crippen LogP contribution in [0, 0.1) is 5.92 Å². The quantitative estimate of drug-likeness (QED) is 0.822. The molecule has 2 atom stereocenters. The third-order valence-electron chi connectivity index (χ3n) is 3.92. The zero-order valence-electron chi connectivity index (χ0n) is 11.4. The Morgan fingerprint density at radius 2 is 2.37 bits per heavy atom. The predicted molar refractivity (Wildman–Crippen MR) is 68.2 cm³/mol. The number of hydrogen-bond donors (Lipinski definition) is 0. The first kappa shape index (κ1) is 14.2. The number of rotatable bonds is 5. The minimum absolute atomic E-state index is 0.105. The Balaban J connectivity index is 1.94. The number of carbonyl (C=O) groups is 1. The lowest BCUT2D eigenvalue weighted by atomic mass is 9.99. The summed E-state index contributed by atoms with van der Waals surface area (Å²) in [6.45, 7) is 4.12.